The molecule has 2 aliphatic rings. The van der Waals surface area contributed by atoms with Crippen LogP contribution in [0.3, 0.4) is 0 Å². The lowest BCUT2D eigenvalue weighted by atomic mass is 10.0. The molecule has 0 aromatic carbocycles. The standard InChI is InChI=1S/C11H20FNO/c1-8(14-2)7-13-10-3-4-11(13)6-9(12)5-10/h8-11H,3-7H2,1-2H3. The van der Waals surface area contributed by atoms with Crippen LogP contribution in [0, 0.1) is 0 Å². The Balaban J connectivity index is 1.94. The number of alkyl halides is 1. The fraction of sp³-hybridized carbons (Fsp3) is 1.00. The van der Waals surface area contributed by atoms with Crippen LogP contribution in [0.15, 0.2) is 0 Å². The molecule has 14 heavy (non-hydrogen) atoms. The molecule has 0 amide bonds. The zero-order chi connectivity index (χ0) is 10.1. The maximum Gasteiger partial charge on any atom is 0.103 e. The van der Waals surface area contributed by atoms with Crippen LogP contribution in [0.4, 0.5) is 4.39 Å². The minimum Gasteiger partial charge on any atom is -0.380 e. The average molecular weight is 201 g/mol. The van der Waals surface area contributed by atoms with E-state index in [2.05, 4.69) is 11.8 Å². The highest BCUT2D eigenvalue weighted by molar-refractivity contribution is 4.95. The van der Waals surface area contributed by atoms with Gasteiger partial charge in [0, 0.05) is 25.7 Å². The SMILES string of the molecule is COC(C)CN1C2CCC1CC(F)C2. The number of hydrogen-bond donors (Lipinski definition) is 0. The number of piperidine rings is 1. The van der Waals surface area contributed by atoms with Gasteiger partial charge >= 0.3 is 0 Å². The predicted molar refractivity (Wildman–Crippen MR) is 54.1 cm³/mol. The molecule has 0 aromatic heterocycles. The molecule has 3 unspecified atom stereocenters. The topological polar surface area (TPSA) is 12.5 Å². The van der Waals surface area contributed by atoms with Crippen LogP contribution in [0.5, 0.6) is 0 Å². The Hall–Kier alpha value is -0.150. The highest BCUT2D eigenvalue weighted by atomic mass is 19.1. The molecular formula is C11H20FNO. The molecule has 2 bridgehead atoms. The molecule has 0 spiro atoms. The summed E-state index contributed by atoms with van der Waals surface area (Å²) < 4.78 is 18.5. The number of hydrogen-bond acceptors (Lipinski definition) is 2. The first-order valence-corrected chi connectivity index (χ1v) is 5.63. The predicted octanol–water partition coefficient (Wildman–Crippen LogP) is 1.99. The summed E-state index contributed by atoms with van der Waals surface area (Å²) in [6.07, 6.45) is 3.57. The molecule has 82 valence electrons. The molecule has 0 aromatic rings. The Morgan fingerprint density at radius 2 is 1.93 bits per heavy atom. The van der Waals surface area contributed by atoms with E-state index >= 15 is 0 Å². The number of nitrogens with zero attached hydrogens (tertiary/aromatic N) is 1. The van der Waals surface area contributed by atoms with Gasteiger partial charge in [-0.3, -0.25) is 4.90 Å². The summed E-state index contributed by atoms with van der Waals surface area (Å²) in [6.45, 7) is 3.06. The summed E-state index contributed by atoms with van der Waals surface area (Å²) in [6, 6.07) is 0.975. The van der Waals surface area contributed by atoms with E-state index in [4.69, 9.17) is 4.74 Å². The second kappa shape index (κ2) is 4.15. The molecule has 2 saturated heterocycles. The van der Waals surface area contributed by atoms with Crippen LogP contribution in [0.1, 0.15) is 32.6 Å². The van der Waals surface area contributed by atoms with Crippen LogP contribution >= 0.6 is 0 Å². The van der Waals surface area contributed by atoms with E-state index in [1.54, 1.807) is 7.11 Å². The summed E-state index contributed by atoms with van der Waals surface area (Å²) in [5.41, 5.74) is 0. The lowest BCUT2D eigenvalue weighted by Gasteiger charge is -2.37. The zero-order valence-corrected chi connectivity index (χ0v) is 9.08. The molecule has 2 fully saturated rings. The zero-order valence-electron chi connectivity index (χ0n) is 9.08. The van der Waals surface area contributed by atoms with E-state index in [1.807, 2.05) is 0 Å². The smallest absolute Gasteiger partial charge is 0.103 e. The molecule has 2 nitrogen and oxygen atoms in total. The van der Waals surface area contributed by atoms with Gasteiger partial charge in [0.1, 0.15) is 6.17 Å². The minimum atomic E-state index is -0.554. The third kappa shape index (κ3) is 1.94. The lowest BCUT2D eigenvalue weighted by Crippen LogP contribution is -2.46. The second-order valence-corrected chi connectivity index (χ2v) is 4.70. The van der Waals surface area contributed by atoms with E-state index in [0.717, 1.165) is 19.4 Å². The third-order valence-corrected chi connectivity index (χ3v) is 3.70. The van der Waals surface area contributed by atoms with Crippen molar-refractivity contribution in [2.45, 2.75) is 57.0 Å². The lowest BCUT2D eigenvalue weighted by molar-refractivity contribution is 0.0231. The van der Waals surface area contributed by atoms with Gasteiger partial charge in [0.15, 0.2) is 0 Å². The summed E-state index contributed by atoms with van der Waals surface area (Å²) >= 11 is 0. The van der Waals surface area contributed by atoms with E-state index in [1.165, 1.54) is 12.8 Å². The number of fused-ring (bicyclic) bond motifs is 2. The maximum atomic E-state index is 13.3. The first-order chi connectivity index (χ1) is 6.70. The second-order valence-electron chi connectivity index (χ2n) is 4.70. The van der Waals surface area contributed by atoms with Crippen molar-refractivity contribution in [3.05, 3.63) is 0 Å². The van der Waals surface area contributed by atoms with Gasteiger partial charge < -0.3 is 4.74 Å². The Morgan fingerprint density at radius 1 is 1.36 bits per heavy atom. The Morgan fingerprint density at radius 3 is 2.43 bits per heavy atom. The highest BCUT2D eigenvalue weighted by Crippen LogP contribution is 2.36. The van der Waals surface area contributed by atoms with E-state index < -0.39 is 6.17 Å². The fourth-order valence-corrected chi connectivity index (χ4v) is 2.88. The molecule has 0 N–H and O–H groups in total. The summed E-state index contributed by atoms with van der Waals surface area (Å²) in [5.74, 6) is 0. The van der Waals surface area contributed by atoms with Crippen molar-refractivity contribution < 1.29 is 9.13 Å². The van der Waals surface area contributed by atoms with Crippen molar-refractivity contribution in [3.63, 3.8) is 0 Å². The van der Waals surface area contributed by atoms with Gasteiger partial charge in [-0.1, -0.05) is 0 Å². The average Bonchev–Trinajstić information content (AvgIpc) is 2.41. The van der Waals surface area contributed by atoms with Gasteiger partial charge in [-0.15, -0.1) is 0 Å². The molecule has 0 radical (unpaired) electrons. The van der Waals surface area contributed by atoms with Gasteiger partial charge in [-0.25, -0.2) is 4.39 Å². The number of rotatable bonds is 3. The number of halogens is 1. The molecule has 2 aliphatic heterocycles. The maximum absolute atomic E-state index is 13.3. The van der Waals surface area contributed by atoms with Gasteiger partial charge in [0.2, 0.25) is 0 Å². The van der Waals surface area contributed by atoms with Crippen molar-refractivity contribution in [3.8, 4) is 0 Å². The van der Waals surface area contributed by atoms with E-state index in [9.17, 15) is 4.39 Å². The number of methoxy groups -OCH3 is 1. The van der Waals surface area contributed by atoms with Crippen molar-refractivity contribution in [2.24, 2.45) is 0 Å². The minimum absolute atomic E-state index is 0.272. The van der Waals surface area contributed by atoms with Gasteiger partial charge in [-0.05, 0) is 32.6 Å². The first-order valence-electron chi connectivity index (χ1n) is 5.63. The quantitative estimate of drug-likeness (QED) is 0.692. The summed E-state index contributed by atoms with van der Waals surface area (Å²) in [7, 11) is 1.74. The van der Waals surface area contributed by atoms with Crippen LogP contribution in [-0.2, 0) is 4.74 Å². The third-order valence-electron chi connectivity index (χ3n) is 3.70. The Bertz CT molecular complexity index is 186. The van der Waals surface area contributed by atoms with Gasteiger partial charge in [-0.2, -0.15) is 0 Å². The molecule has 0 saturated carbocycles. The van der Waals surface area contributed by atoms with Crippen molar-refractivity contribution >= 4 is 0 Å². The highest BCUT2D eigenvalue weighted by Gasteiger charge is 2.40. The van der Waals surface area contributed by atoms with Crippen LogP contribution in [0.25, 0.3) is 0 Å². The van der Waals surface area contributed by atoms with Crippen molar-refractivity contribution in [1.29, 1.82) is 0 Å². The number of ether oxygens (including phenoxy) is 1. The Labute approximate surface area is 85.4 Å². The Kier molecular flexibility index (Phi) is 3.07. The van der Waals surface area contributed by atoms with E-state index in [0.29, 0.717) is 12.1 Å². The molecule has 2 rings (SSSR count). The first kappa shape index (κ1) is 10.4. The largest absolute Gasteiger partial charge is 0.380 e. The molecule has 3 atom stereocenters. The van der Waals surface area contributed by atoms with Crippen LogP contribution < -0.4 is 0 Å². The summed E-state index contributed by atoms with van der Waals surface area (Å²) in [5, 5.41) is 0. The van der Waals surface area contributed by atoms with Gasteiger partial charge in [0.05, 0.1) is 6.10 Å². The monoisotopic (exact) mass is 201 g/mol. The van der Waals surface area contributed by atoms with E-state index in [-0.39, 0.29) is 6.10 Å². The molecule has 3 heteroatoms. The normalized spacial score (nSPS) is 40.1. The molecule has 2 heterocycles. The fourth-order valence-electron chi connectivity index (χ4n) is 2.88. The van der Waals surface area contributed by atoms with Crippen LogP contribution in [-0.4, -0.2) is 42.9 Å². The molecule has 0 aliphatic carbocycles. The van der Waals surface area contributed by atoms with Gasteiger partial charge in [0.25, 0.3) is 0 Å². The van der Waals surface area contributed by atoms with Crippen molar-refractivity contribution in [1.82, 2.24) is 4.90 Å². The molecular weight excluding hydrogens is 181 g/mol. The van der Waals surface area contributed by atoms with Crippen molar-refractivity contribution in [2.75, 3.05) is 13.7 Å². The van der Waals surface area contributed by atoms with Crippen LogP contribution in [0.2, 0.25) is 0 Å². The summed E-state index contributed by atoms with van der Waals surface area (Å²) in [4.78, 5) is 2.46.